The molecular formula is C7H7N3S. The second kappa shape index (κ2) is 2.17. The van der Waals surface area contributed by atoms with Crippen molar-refractivity contribution in [2.75, 3.05) is 5.73 Å². The molecule has 0 saturated heterocycles. The number of nitrogens with zero attached hydrogens (tertiary/aromatic N) is 2. The van der Waals surface area contributed by atoms with Gasteiger partial charge in [-0.3, -0.25) is 4.98 Å². The van der Waals surface area contributed by atoms with Gasteiger partial charge in [-0.2, -0.15) is 4.37 Å². The number of anilines is 1. The third kappa shape index (κ3) is 0.952. The van der Waals surface area contributed by atoms with Crippen LogP contribution in [0, 0.1) is 6.92 Å². The normalized spacial score (nSPS) is 10.6. The van der Waals surface area contributed by atoms with Crippen molar-refractivity contribution in [3.63, 3.8) is 0 Å². The average Bonchev–Trinajstić information content (AvgIpc) is 2.32. The maximum absolute atomic E-state index is 5.56. The summed E-state index contributed by atoms with van der Waals surface area (Å²) in [6, 6.07) is 2.04. The topological polar surface area (TPSA) is 51.8 Å². The van der Waals surface area contributed by atoms with Gasteiger partial charge in [0.05, 0.1) is 4.70 Å². The van der Waals surface area contributed by atoms with E-state index >= 15 is 0 Å². The Morgan fingerprint density at radius 3 is 3.18 bits per heavy atom. The molecule has 0 fully saturated rings. The highest BCUT2D eigenvalue weighted by molar-refractivity contribution is 7.13. The van der Waals surface area contributed by atoms with Crippen molar-refractivity contribution < 1.29 is 0 Å². The molecule has 2 rings (SSSR count). The van der Waals surface area contributed by atoms with Gasteiger partial charge >= 0.3 is 0 Å². The standard InChI is InChI=1S/C7H7N3S/c1-4-2-5-6(9-3-4)7(8)10-11-5/h2-3H,1H3,(H2,8,10). The molecule has 0 radical (unpaired) electrons. The fourth-order valence-electron chi connectivity index (χ4n) is 0.946. The number of aryl methyl sites for hydroxylation is 1. The minimum atomic E-state index is 0.532. The third-order valence-corrected chi connectivity index (χ3v) is 2.27. The molecule has 2 N–H and O–H groups in total. The van der Waals surface area contributed by atoms with E-state index in [9.17, 15) is 0 Å². The molecule has 2 aromatic heterocycles. The van der Waals surface area contributed by atoms with Gasteiger partial charge in [0.15, 0.2) is 5.82 Å². The molecule has 11 heavy (non-hydrogen) atoms. The first-order chi connectivity index (χ1) is 5.27. The van der Waals surface area contributed by atoms with Crippen LogP contribution in [0.25, 0.3) is 10.2 Å². The quantitative estimate of drug-likeness (QED) is 0.644. The predicted molar refractivity (Wildman–Crippen MR) is 46.6 cm³/mol. The summed E-state index contributed by atoms with van der Waals surface area (Å²) < 4.78 is 5.05. The maximum atomic E-state index is 5.56. The summed E-state index contributed by atoms with van der Waals surface area (Å²) in [6.45, 7) is 2.00. The van der Waals surface area contributed by atoms with Crippen LogP contribution in [-0.4, -0.2) is 9.36 Å². The lowest BCUT2D eigenvalue weighted by Crippen LogP contribution is -1.85. The van der Waals surface area contributed by atoms with E-state index in [2.05, 4.69) is 9.36 Å². The molecule has 0 spiro atoms. The first-order valence-electron chi connectivity index (χ1n) is 3.25. The Hall–Kier alpha value is -1.16. The Balaban J connectivity index is 2.86. The van der Waals surface area contributed by atoms with Gasteiger partial charge in [0.2, 0.25) is 0 Å². The number of hydrogen-bond acceptors (Lipinski definition) is 4. The summed E-state index contributed by atoms with van der Waals surface area (Å²) in [7, 11) is 0. The minimum absolute atomic E-state index is 0.532. The summed E-state index contributed by atoms with van der Waals surface area (Å²) in [4.78, 5) is 4.16. The Kier molecular flexibility index (Phi) is 1.29. The van der Waals surface area contributed by atoms with Gasteiger partial charge in [0.1, 0.15) is 5.52 Å². The van der Waals surface area contributed by atoms with Crippen LogP contribution in [0.1, 0.15) is 5.56 Å². The van der Waals surface area contributed by atoms with Crippen LogP contribution < -0.4 is 5.73 Å². The number of pyridine rings is 1. The zero-order valence-corrected chi connectivity index (χ0v) is 6.85. The van der Waals surface area contributed by atoms with E-state index in [1.807, 2.05) is 13.0 Å². The summed E-state index contributed by atoms with van der Waals surface area (Å²) in [5.41, 5.74) is 7.52. The zero-order valence-electron chi connectivity index (χ0n) is 6.03. The maximum Gasteiger partial charge on any atom is 0.163 e. The van der Waals surface area contributed by atoms with Crippen LogP contribution in [0.5, 0.6) is 0 Å². The Morgan fingerprint density at radius 2 is 2.36 bits per heavy atom. The van der Waals surface area contributed by atoms with E-state index in [0.29, 0.717) is 5.82 Å². The molecule has 0 bridgehead atoms. The third-order valence-electron chi connectivity index (χ3n) is 1.47. The molecule has 4 heteroatoms. The molecule has 0 aromatic carbocycles. The van der Waals surface area contributed by atoms with Crippen LogP contribution in [0.15, 0.2) is 12.3 Å². The van der Waals surface area contributed by atoms with Gasteiger partial charge in [0, 0.05) is 6.20 Å². The Labute approximate surface area is 68.0 Å². The highest BCUT2D eigenvalue weighted by atomic mass is 32.1. The lowest BCUT2D eigenvalue weighted by Gasteiger charge is -1.89. The summed E-state index contributed by atoms with van der Waals surface area (Å²) >= 11 is 1.39. The average molecular weight is 165 g/mol. The highest BCUT2D eigenvalue weighted by Gasteiger charge is 2.02. The van der Waals surface area contributed by atoms with Crippen molar-refractivity contribution in [2.24, 2.45) is 0 Å². The second-order valence-electron chi connectivity index (χ2n) is 2.43. The van der Waals surface area contributed by atoms with Gasteiger partial charge < -0.3 is 5.73 Å². The van der Waals surface area contributed by atoms with Crippen LogP contribution in [0.2, 0.25) is 0 Å². The molecule has 0 unspecified atom stereocenters. The Morgan fingerprint density at radius 1 is 1.55 bits per heavy atom. The molecule has 3 nitrogen and oxygen atoms in total. The number of nitrogen functional groups attached to an aromatic ring is 1. The van der Waals surface area contributed by atoms with E-state index in [1.165, 1.54) is 11.5 Å². The van der Waals surface area contributed by atoms with E-state index in [4.69, 9.17) is 5.73 Å². The second-order valence-corrected chi connectivity index (χ2v) is 3.23. The smallest absolute Gasteiger partial charge is 0.163 e. The lowest BCUT2D eigenvalue weighted by molar-refractivity contribution is 1.34. The number of rotatable bonds is 0. The van der Waals surface area contributed by atoms with E-state index in [1.54, 1.807) is 6.20 Å². The SMILES string of the molecule is Cc1cnc2c(N)nsc2c1. The van der Waals surface area contributed by atoms with Crippen molar-refractivity contribution in [1.29, 1.82) is 0 Å². The van der Waals surface area contributed by atoms with Gasteiger partial charge in [-0.1, -0.05) is 0 Å². The van der Waals surface area contributed by atoms with Crippen molar-refractivity contribution in [2.45, 2.75) is 6.92 Å². The summed E-state index contributed by atoms with van der Waals surface area (Å²) in [6.07, 6.45) is 1.80. The van der Waals surface area contributed by atoms with Gasteiger partial charge in [0.25, 0.3) is 0 Å². The predicted octanol–water partition coefficient (Wildman–Crippen LogP) is 1.58. The number of hydrogen-bond donors (Lipinski definition) is 1. The van der Waals surface area contributed by atoms with Gasteiger partial charge in [-0.25, -0.2) is 0 Å². The van der Waals surface area contributed by atoms with Crippen LogP contribution >= 0.6 is 11.5 Å². The summed E-state index contributed by atoms with van der Waals surface area (Å²) in [5, 5.41) is 0. The first kappa shape index (κ1) is 6.54. The van der Waals surface area contributed by atoms with Crippen molar-refractivity contribution in [3.05, 3.63) is 17.8 Å². The molecule has 0 aliphatic heterocycles. The number of nitrogens with two attached hydrogens (primary N) is 1. The fraction of sp³-hybridized carbons (Fsp3) is 0.143. The molecule has 0 atom stereocenters. The molecule has 0 aliphatic rings. The Bertz CT molecular complexity index is 393. The monoisotopic (exact) mass is 165 g/mol. The van der Waals surface area contributed by atoms with Crippen LogP contribution in [-0.2, 0) is 0 Å². The van der Waals surface area contributed by atoms with Crippen molar-refractivity contribution in [1.82, 2.24) is 9.36 Å². The molecule has 2 aromatic rings. The van der Waals surface area contributed by atoms with E-state index in [-0.39, 0.29) is 0 Å². The number of aromatic nitrogens is 2. The molecule has 0 aliphatic carbocycles. The fourth-order valence-corrected chi connectivity index (χ4v) is 1.71. The minimum Gasteiger partial charge on any atom is -0.381 e. The van der Waals surface area contributed by atoms with Crippen molar-refractivity contribution in [3.8, 4) is 0 Å². The number of fused-ring (bicyclic) bond motifs is 1. The summed E-state index contributed by atoms with van der Waals surface area (Å²) in [5.74, 6) is 0.532. The van der Waals surface area contributed by atoms with Crippen LogP contribution in [0.4, 0.5) is 5.82 Å². The highest BCUT2D eigenvalue weighted by Crippen LogP contribution is 2.22. The van der Waals surface area contributed by atoms with Gasteiger partial charge in [-0.15, -0.1) is 0 Å². The largest absolute Gasteiger partial charge is 0.381 e. The van der Waals surface area contributed by atoms with Crippen LogP contribution in [0.3, 0.4) is 0 Å². The molecule has 0 amide bonds. The molecular weight excluding hydrogens is 158 g/mol. The molecule has 0 saturated carbocycles. The van der Waals surface area contributed by atoms with E-state index in [0.717, 1.165) is 15.8 Å². The first-order valence-corrected chi connectivity index (χ1v) is 4.02. The van der Waals surface area contributed by atoms with E-state index < -0.39 is 0 Å². The van der Waals surface area contributed by atoms with Crippen molar-refractivity contribution >= 4 is 27.6 Å². The lowest BCUT2D eigenvalue weighted by atomic mass is 10.3. The molecule has 56 valence electrons. The molecule has 2 heterocycles. The zero-order chi connectivity index (χ0) is 7.84. The van der Waals surface area contributed by atoms with Gasteiger partial charge in [-0.05, 0) is 30.1 Å².